The minimum Gasteiger partial charge on any atom is -0.337 e. The Morgan fingerprint density at radius 1 is 1.28 bits per heavy atom. The second-order valence-electron chi connectivity index (χ2n) is 4.52. The molecule has 1 saturated heterocycles. The lowest BCUT2D eigenvalue weighted by molar-refractivity contribution is 0.580. The van der Waals surface area contributed by atoms with E-state index in [1.165, 1.54) is 0 Å². The second kappa shape index (κ2) is 4.41. The van der Waals surface area contributed by atoms with Crippen molar-refractivity contribution < 1.29 is 0 Å². The minimum absolute atomic E-state index is 0.769. The maximum Gasteiger partial charge on any atom is 0.245 e. The molecule has 0 aliphatic carbocycles. The van der Waals surface area contributed by atoms with Gasteiger partial charge in [0, 0.05) is 33.2 Å². The first kappa shape index (κ1) is 11.2. The van der Waals surface area contributed by atoms with Gasteiger partial charge in [-0.05, 0) is 13.0 Å². The average Bonchev–Trinajstić information content (AvgIpc) is 2.97. The van der Waals surface area contributed by atoms with E-state index in [0.29, 0.717) is 0 Å². The van der Waals surface area contributed by atoms with Gasteiger partial charge in [-0.15, -0.1) is 5.10 Å². The standard InChI is InChI=1S/C11H17N7/c1-8-7-9(17(2)16-8)10-13-11(15-14-10)18-5-3-12-4-6-18/h7,12H,3-6H2,1-2H3,(H,13,14,15). The summed E-state index contributed by atoms with van der Waals surface area (Å²) in [5.74, 6) is 1.54. The smallest absolute Gasteiger partial charge is 0.245 e. The molecular formula is C11H17N7. The van der Waals surface area contributed by atoms with E-state index in [1.54, 1.807) is 0 Å². The van der Waals surface area contributed by atoms with Crippen LogP contribution in [0.2, 0.25) is 0 Å². The molecule has 0 unspecified atom stereocenters. The van der Waals surface area contributed by atoms with E-state index >= 15 is 0 Å². The summed E-state index contributed by atoms with van der Waals surface area (Å²) in [6.07, 6.45) is 0. The van der Waals surface area contributed by atoms with Gasteiger partial charge in [-0.3, -0.25) is 9.78 Å². The summed E-state index contributed by atoms with van der Waals surface area (Å²) < 4.78 is 1.82. The molecule has 2 aromatic rings. The molecule has 7 nitrogen and oxygen atoms in total. The number of hydrogen-bond donors (Lipinski definition) is 2. The molecule has 3 rings (SSSR count). The number of H-pyrrole nitrogens is 1. The third-order valence-corrected chi connectivity index (χ3v) is 3.12. The molecule has 2 aromatic heterocycles. The predicted molar refractivity (Wildman–Crippen MR) is 68.4 cm³/mol. The van der Waals surface area contributed by atoms with Gasteiger partial charge in [0.2, 0.25) is 5.95 Å². The van der Waals surface area contributed by atoms with Gasteiger partial charge in [-0.25, -0.2) is 0 Å². The third-order valence-electron chi connectivity index (χ3n) is 3.12. The molecule has 18 heavy (non-hydrogen) atoms. The molecule has 3 heterocycles. The number of piperazine rings is 1. The minimum atomic E-state index is 0.769. The second-order valence-corrected chi connectivity index (χ2v) is 4.52. The number of nitrogens with one attached hydrogen (secondary N) is 2. The Morgan fingerprint density at radius 3 is 2.72 bits per heavy atom. The predicted octanol–water partition coefficient (Wildman–Crippen LogP) is -0.0768. The molecule has 7 heteroatoms. The molecule has 0 aromatic carbocycles. The molecule has 2 N–H and O–H groups in total. The van der Waals surface area contributed by atoms with Crippen LogP contribution in [-0.4, -0.2) is 51.1 Å². The number of aromatic amines is 1. The Balaban J connectivity index is 1.86. The molecule has 0 atom stereocenters. The van der Waals surface area contributed by atoms with Gasteiger partial charge in [-0.1, -0.05) is 0 Å². The number of rotatable bonds is 2. The Hall–Kier alpha value is -1.89. The number of nitrogens with zero attached hydrogens (tertiary/aromatic N) is 5. The largest absolute Gasteiger partial charge is 0.337 e. The highest BCUT2D eigenvalue weighted by Crippen LogP contribution is 2.18. The zero-order valence-corrected chi connectivity index (χ0v) is 10.6. The lowest BCUT2D eigenvalue weighted by Crippen LogP contribution is -2.44. The van der Waals surface area contributed by atoms with Gasteiger partial charge in [0.1, 0.15) is 5.69 Å². The number of aromatic nitrogens is 5. The van der Waals surface area contributed by atoms with Crippen molar-refractivity contribution in [2.75, 3.05) is 31.1 Å². The fraction of sp³-hybridized carbons (Fsp3) is 0.545. The first-order valence-corrected chi connectivity index (χ1v) is 6.13. The summed E-state index contributed by atoms with van der Waals surface area (Å²) in [5.41, 5.74) is 1.94. The molecule has 0 radical (unpaired) electrons. The zero-order valence-electron chi connectivity index (χ0n) is 10.6. The highest BCUT2D eigenvalue weighted by atomic mass is 15.4. The maximum atomic E-state index is 4.55. The number of anilines is 1. The molecule has 0 amide bonds. The summed E-state index contributed by atoms with van der Waals surface area (Å²) in [4.78, 5) is 6.73. The van der Waals surface area contributed by atoms with Gasteiger partial charge in [0.25, 0.3) is 0 Å². The lowest BCUT2D eigenvalue weighted by Gasteiger charge is -2.25. The topological polar surface area (TPSA) is 74.7 Å². The van der Waals surface area contributed by atoms with E-state index in [9.17, 15) is 0 Å². The van der Waals surface area contributed by atoms with E-state index in [-0.39, 0.29) is 0 Å². The van der Waals surface area contributed by atoms with Crippen LogP contribution in [0.15, 0.2) is 6.07 Å². The summed E-state index contributed by atoms with van der Waals surface area (Å²) >= 11 is 0. The number of aryl methyl sites for hydroxylation is 2. The lowest BCUT2D eigenvalue weighted by atomic mass is 10.3. The monoisotopic (exact) mass is 247 g/mol. The van der Waals surface area contributed by atoms with Crippen molar-refractivity contribution in [1.82, 2.24) is 30.3 Å². The van der Waals surface area contributed by atoms with E-state index in [1.807, 2.05) is 24.7 Å². The summed E-state index contributed by atoms with van der Waals surface area (Å²) in [6.45, 7) is 5.82. The highest BCUT2D eigenvalue weighted by molar-refractivity contribution is 5.52. The molecule has 0 bridgehead atoms. The fourth-order valence-corrected chi connectivity index (χ4v) is 2.21. The summed E-state index contributed by atoms with van der Waals surface area (Å²) in [7, 11) is 1.91. The van der Waals surface area contributed by atoms with Crippen LogP contribution in [0.25, 0.3) is 11.5 Å². The van der Waals surface area contributed by atoms with Crippen LogP contribution in [0.4, 0.5) is 5.95 Å². The van der Waals surface area contributed by atoms with Gasteiger partial charge in [-0.2, -0.15) is 10.1 Å². The third kappa shape index (κ3) is 1.97. The van der Waals surface area contributed by atoms with Crippen LogP contribution in [0.1, 0.15) is 5.69 Å². The quantitative estimate of drug-likeness (QED) is 0.776. The molecule has 1 fully saturated rings. The molecular weight excluding hydrogens is 230 g/mol. The first-order chi connectivity index (χ1) is 8.74. The Morgan fingerprint density at radius 2 is 2.06 bits per heavy atom. The Kier molecular flexibility index (Phi) is 2.75. The van der Waals surface area contributed by atoms with Crippen molar-refractivity contribution in [2.24, 2.45) is 7.05 Å². The van der Waals surface area contributed by atoms with Gasteiger partial charge < -0.3 is 10.2 Å². The van der Waals surface area contributed by atoms with Crippen LogP contribution in [0.5, 0.6) is 0 Å². The van der Waals surface area contributed by atoms with Crippen molar-refractivity contribution in [1.29, 1.82) is 0 Å². The summed E-state index contributed by atoms with van der Waals surface area (Å²) in [5, 5.41) is 14.9. The summed E-state index contributed by atoms with van der Waals surface area (Å²) in [6, 6.07) is 2.00. The first-order valence-electron chi connectivity index (χ1n) is 6.13. The van der Waals surface area contributed by atoms with E-state index in [0.717, 1.165) is 49.3 Å². The molecule has 1 aliphatic heterocycles. The van der Waals surface area contributed by atoms with Gasteiger partial charge >= 0.3 is 0 Å². The molecule has 1 aliphatic rings. The van der Waals surface area contributed by atoms with Crippen LogP contribution < -0.4 is 10.2 Å². The van der Waals surface area contributed by atoms with Crippen molar-refractivity contribution in [3.05, 3.63) is 11.8 Å². The maximum absolute atomic E-state index is 4.55. The van der Waals surface area contributed by atoms with Crippen molar-refractivity contribution >= 4 is 5.95 Å². The SMILES string of the molecule is Cc1cc(-c2nc(N3CCNCC3)n[nH]2)n(C)n1. The van der Waals surface area contributed by atoms with E-state index in [4.69, 9.17) is 0 Å². The number of hydrogen-bond acceptors (Lipinski definition) is 5. The zero-order chi connectivity index (χ0) is 12.5. The van der Waals surface area contributed by atoms with Gasteiger partial charge in [0.15, 0.2) is 5.82 Å². The Labute approximate surface area is 105 Å². The van der Waals surface area contributed by atoms with Crippen LogP contribution >= 0.6 is 0 Å². The fourth-order valence-electron chi connectivity index (χ4n) is 2.21. The molecule has 0 saturated carbocycles. The molecule has 0 spiro atoms. The Bertz CT molecular complexity index is 535. The highest BCUT2D eigenvalue weighted by Gasteiger charge is 2.16. The van der Waals surface area contributed by atoms with E-state index in [2.05, 4.69) is 30.5 Å². The van der Waals surface area contributed by atoms with Crippen LogP contribution in [0.3, 0.4) is 0 Å². The van der Waals surface area contributed by atoms with Crippen molar-refractivity contribution in [3.8, 4) is 11.5 Å². The van der Waals surface area contributed by atoms with Gasteiger partial charge in [0.05, 0.1) is 5.69 Å². The normalized spacial score (nSPS) is 16.2. The van der Waals surface area contributed by atoms with Crippen molar-refractivity contribution in [3.63, 3.8) is 0 Å². The average molecular weight is 247 g/mol. The molecule has 96 valence electrons. The van der Waals surface area contributed by atoms with Crippen LogP contribution in [0, 0.1) is 6.92 Å². The van der Waals surface area contributed by atoms with Crippen LogP contribution in [-0.2, 0) is 7.05 Å². The van der Waals surface area contributed by atoms with Crippen molar-refractivity contribution in [2.45, 2.75) is 6.92 Å². The van der Waals surface area contributed by atoms with E-state index < -0.39 is 0 Å².